The summed E-state index contributed by atoms with van der Waals surface area (Å²) in [5.41, 5.74) is 5.77. The lowest BCUT2D eigenvalue weighted by atomic mass is 10.2. The van der Waals surface area contributed by atoms with Gasteiger partial charge in [-0.25, -0.2) is 9.59 Å². The number of hydrogen-bond donors (Lipinski definition) is 2. The van der Waals surface area contributed by atoms with E-state index in [9.17, 15) is 9.59 Å². The third-order valence-electron chi connectivity index (χ3n) is 3.01. The molecule has 0 unspecified atom stereocenters. The maximum atomic E-state index is 11.9. The minimum Gasteiger partial charge on any atom is -0.497 e. The fourth-order valence-corrected chi connectivity index (χ4v) is 1.92. The van der Waals surface area contributed by atoms with Gasteiger partial charge in [-0.1, -0.05) is 6.07 Å². The predicted octanol–water partition coefficient (Wildman–Crippen LogP) is 2.42. The molecule has 0 heterocycles. The number of anilines is 1. The van der Waals surface area contributed by atoms with Crippen molar-refractivity contribution in [3.8, 4) is 11.5 Å². The monoisotopic (exact) mass is 330 g/mol. The Morgan fingerprint density at radius 1 is 1.04 bits per heavy atom. The number of methoxy groups -OCH3 is 1. The molecular formula is C17H18N2O5. The summed E-state index contributed by atoms with van der Waals surface area (Å²) < 4.78 is 15.6. The van der Waals surface area contributed by atoms with E-state index in [0.717, 1.165) is 5.75 Å². The van der Waals surface area contributed by atoms with Crippen LogP contribution >= 0.6 is 0 Å². The lowest BCUT2D eigenvalue weighted by Crippen LogP contribution is -2.19. The Morgan fingerprint density at radius 2 is 1.75 bits per heavy atom. The molecule has 0 spiro atoms. The standard InChI is InChI=1S/C17H18N2O5/c1-22-14-5-7-15(8-6-14)23-9-10-24-16(20)12-3-2-4-13(11-12)19-17(18)21/h2-8,11H,9-10H2,1H3,(H3,18,19,21). The van der Waals surface area contributed by atoms with Crippen molar-refractivity contribution in [1.29, 1.82) is 0 Å². The van der Waals surface area contributed by atoms with Crippen LogP contribution in [0.5, 0.6) is 11.5 Å². The summed E-state index contributed by atoms with van der Waals surface area (Å²) in [7, 11) is 1.59. The van der Waals surface area contributed by atoms with Crippen molar-refractivity contribution in [2.24, 2.45) is 5.73 Å². The predicted molar refractivity (Wildman–Crippen MR) is 88.4 cm³/mol. The summed E-state index contributed by atoms with van der Waals surface area (Å²) in [6, 6.07) is 12.7. The minimum atomic E-state index is -0.701. The van der Waals surface area contributed by atoms with E-state index in [1.807, 2.05) is 0 Å². The highest BCUT2D eigenvalue weighted by molar-refractivity contribution is 5.93. The zero-order valence-electron chi connectivity index (χ0n) is 13.2. The largest absolute Gasteiger partial charge is 0.497 e. The van der Waals surface area contributed by atoms with E-state index in [0.29, 0.717) is 17.0 Å². The molecule has 0 aliphatic rings. The maximum absolute atomic E-state index is 11.9. The molecule has 7 heteroatoms. The summed E-state index contributed by atoms with van der Waals surface area (Å²) in [6.45, 7) is 0.315. The topological polar surface area (TPSA) is 99.9 Å². The molecule has 0 fully saturated rings. The van der Waals surface area contributed by atoms with Gasteiger partial charge in [0, 0.05) is 5.69 Å². The number of primary amides is 1. The smallest absolute Gasteiger partial charge is 0.338 e. The fraction of sp³-hybridized carbons (Fsp3) is 0.176. The Bertz CT molecular complexity index is 700. The molecule has 0 aromatic heterocycles. The SMILES string of the molecule is COc1ccc(OCCOC(=O)c2cccc(NC(N)=O)c2)cc1. The molecule has 0 atom stereocenters. The van der Waals surface area contributed by atoms with Crippen LogP contribution in [0.1, 0.15) is 10.4 Å². The number of rotatable bonds is 7. The van der Waals surface area contributed by atoms with Crippen molar-refractivity contribution < 1.29 is 23.8 Å². The zero-order chi connectivity index (χ0) is 17.4. The maximum Gasteiger partial charge on any atom is 0.338 e. The number of carbonyl (C=O) groups excluding carboxylic acids is 2. The molecule has 2 amide bonds. The Morgan fingerprint density at radius 3 is 2.42 bits per heavy atom. The van der Waals surface area contributed by atoms with Crippen molar-refractivity contribution in [2.75, 3.05) is 25.6 Å². The number of carbonyl (C=O) groups is 2. The van der Waals surface area contributed by atoms with Gasteiger partial charge in [-0.15, -0.1) is 0 Å². The average molecular weight is 330 g/mol. The van der Waals surface area contributed by atoms with Gasteiger partial charge in [0.2, 0.25) is 0 Å². The number of nitrogens with two attached hydrogens (primary N) is 1. The van der Waals surface area contributed by atoms with Gasteiger partial charge in [-0.2, -0.15) is 0 Å². The van der Waals surface area contributed by atoms with E-state index in [4.69, 9.17) is 19.9 Å². The van der Waals surface area contributed by atoms with Crippen LogP contribution in [-0.4, -0.2) is 32.3 Å². The number of ether oxygens (including phenoxy) is 3. The molecule has 2 aromatic carbocycles. The quantitative estimate of drug-likeness (QED) is 0.600. The van der Waals surface area contributed by atoms with Gasteiger partial charge in [0.25, 0.3) is 0 Å². The molecule has 7 nitrogen and oxygen atoms in total. The molecule has 0 saturated carbocycles. The summed E-state index contributed by atoms with van der Waals surface area (Å²) in [4.78, 5) is 22.7. The summed E-state index contributed by atoms with van der Waals surface area (Å²) in [5, 5.41) is 2.39. The van der Waals surface area contributed by atoms with Crippen LogP contribution in [0.3, 0.4) is 0 Å². The number of hydrogen-bond acceptors (Lipinski definition) is 5. The van der Waals surface area contributed by atoms with E-state index < -0.39 is 12.0 Å². The van der Waals surface area contributed by atoms with Crippen LogP contribution in [0.15, 0.2) is 48.5 Å². The number of esters is 1. The molecule has 2 rings (SSSR count). The molecule has 0 saturated heterocycles. The number of nitrogens with one attached hydrogen (secondary N) is 1. The second kappa shape index (κ2) is 8.42. The summed E-state index contributed by atoms with van der Waals surface area (Å²) >= 11 is 0. The van der Waals surface area contributed by atoms with E-state index in [1.165, 1.54) is 6.07 Å². The fourth-order valence-electron chi connectivity index (χ4n) is 1.92. The molecule has 126 valence electrons. The molecule has 2 aromatic rings. The van der Waals surface area contributed by atoms with Gasteiger partial charge in [0.1, 0.15) is 24.7 Å². The van der Waals surface area contributed by atoms with Crippen LogP contribution in [0, 0.1) is 0 Å². The molecule has 0 radical (unpaired) electrons. The van der Waals surface area contributed by atoms with Gasteiger partial charge in [0.15, 0.2) is 0 Å². The van der Waals surface area contributed by atoms with E-state index >= 15 is 0 Å². The number of amides is 2. The van der Waals surface area contributed by atoms with Crippen molar-refractivity contribution in [1.82, 2.24) is 0 Å². The van der Waals surface area contributed by atoms with Crippen LogP contribution < -0.4 is 20.5 Å². The average Bonchev–Trinajstić information content (AvgIpc) is 2.58. The first-order valence-corrected chi connectivity index (χ1v) is 7.19. The normalized spacial score (nSPS) is 9.88. The molecule has 24 heavy (non-hydrogen) atoms. The van der Waals surface area contributed by atoms with Crippen LogP contribution in [0.4, 0.5) is 10.5 Å². The van der Waals surface area contributed by atoms with Crippen LogP contribution in [-0.2, 0) is 4.74 Å². The number of benzene rings is 2. The third kappa shape index (κ3) is 5.20. The zero-order valence-corrected chi connectivity index (χ0v) is 13.2. The Labute approximate surface area is 139 Å². The molecule has 0 aliphatic carbocycles. The highest BCUT2D eigenvalue weighted by Crippen LogP contribution is 2.17. The Hall–Kier alpha value is -3.22. The van der Waals surface area contributed by atoms with Crippen LogP contribution in [0.25, 0.3) is 0 Å². The first-order chi connectivity index (χ1) is 11.6. The lowest BCUT2D eigenvalue weighted by molar-refractivity contribution is 0.0450. The van der Waals surface area contributed by atoms with Gasteiger partial charge in [-0.05, 0) is 42.5 Å². The van der Waals surface area contributed by atoms with Gasteiger partial charge >= 0.3 is 12.0 Å². The number of urea groups is 1. The minimum absolute atomic E-state index is 0.0956. The van der Waals surface area contributed by atoms with Crippen molar-refractivity contribution >= 4 is 17.7 Å². The lowest BCUT2D eigenvalue weighted by Gasteiger charge is -2.09. The van der Waals surface area contributed by atoms with E-state index in [1.54, 1.807) is 49.6 Å². The van der Waals surface area contributed by atoms with Crippen molar-refractivity contribution in [3.63, 3.8) is 0 Å². The first kappa shape index (κ1) is 17.1. The second-order valence-electron chi connectivity index (χ2n) is 4.73. The van der Waals surface area contributed by atoms with E-state index in [-0.39, 0.29) is 13.2 Å². The van der Waals surface area contributed by atoms with Gasteiger partial charge in [-0.3, -0.25) is 0 Å². The highest BCUT2D eigenvalue weighted by atomic mass is 16.6. The van der Waals surface area contributed by atoms with Crippen molar-refractivity contribution in [3.05, 3.63) is 54.1 Å². The van der Waals surface area contributed by atoms with Crippen molar-refractivity contribution in [2.45, 2.75) is 0 Å². The Balaban J connectivity index is 1.79. The van der Waals surface area contributed by atoms with Gasteiger partial charge < -0.3 is 25.3 Å². The molecule has 0 aliphatic heterocycles. The molecular weight excluding hydrogens is 312 g/mol. The highest BCUT2D eigenvalue weighted by Gasteiger charge is 2.08. The third-order valence-corrected chi connectivity index (χ3v) is 3.01. The first-order valence-electron chi connectivity index (χ1n) is 7.19. The molecule has 0 bridgehead atoms. The Kier molecular flexibility index (Phi) is 6.01. The summed E-state index contributed by atoms with van der Waals surface area (Å²) in [6.07, 6.45) is 0. The summed E-state index contributed by atoms with van der Waals surface area (Å²) in [5.74, 6) is 0.874. The molecule has 3 N–H and O–H groups in total. The van der Waals surface area contributed by atoms with Crippen LogP contribution in [0.2, 0.25) is 0 Å². The van der Waals surface area contributed by atoms with E-state index in [2.05, 4.69) is 5.32 Å². The second-order valence-corrected chi connectivity index (χ2v) is 4.73. The van der Waals surface area contributed by atoms with Gasteiger partial charge in [0.05, 0.1) is 12.7 Å².